The van der Waals surface area contributed by atoms with E-state index >= 15 is 0 Å². The Labute approximate surface area is 349 Å². The first kappa shape index (κ1) is 47.7. The highest BCUT2D eigenvalue weighted by atomic mass is 32.2. The highest BCUT2D eigenvalue weighted by molar-refractivity contribution is 7.86. The van der Waals surface area contributed by atoms with Gasteiger partial charge in [0, 0.05) is 61.2 Å². The lowest BCUT2D eigenvalue weighted by Gasteiger charge is -2.30. The molecule has 2 aromatic carbocycles. The summed E-state index contributed by atoms with van der Waals surface area (Å²) in [5, 5.41) is 9.14. The van der Waals surface area contributed by atoms with E-state index < -0.39 is 37.0 Å². The maximum absolute atomic E-state index is 12.3. The number of hydrogen-bond donors (Lipinski definition) is 3. The van der Waals surface area contributed by atoms with Gasteiger partial charge in [0.25, 0.3) is 20.2 Å². The fourth-order valence-corrected chi connectivity index (χ4v) is 8.53. The zero-order valence-corrected chi connectivity index (χ0v) is 36.3. The van der Waals surface area contributed by atoms with Crippen LogP contribution in [0.2, 0.25) is 0 Å². The van der Waals surface area contributed by atoms with Crippen molar-refractivity contribution >= 4 is 43.3 Å². The Hall–Kier alpha value is -4.00. The van der Waals surface area contributed by atoms with Gasteiger partial charge in [-0.2, -0.15) is 21.4 Å². The molecule has 3 N–H and O–H groups in total. The Morgan fingerprint density at radius 3 is 1.95 bits per heavy atom. The molecule has 2 aliphatic rings. The largest absolute Gasteiger partial charge is 0.481 e. The Balaban J connectivity index is 1.56. The van der Waals surface area contributed by atoms with Crippen molar-refractivity contribution in [1.29, 1.82) is 0 Å². The summed E-state index contributed by atoms with van der Waals surface area (Å²) < 4.78 is 92.1. The second kappa shape index (κ2) is 21.5. The molecule has 0 fully saturated rings. The average molecular weight is 860 g/mol. The molecular weight excluding hydrogens is 801 g/mol. The molecule has 14 nitrogen and oxygen atoms in total. The Kier molecular flexibility index (Phi) is 17.4. The topological polar surface area (TPSA) is 189 Å². The van der Waals surface area contributed by atoms with Crippen molar-refractivity contribution in [2.75, 3.05) is 71.3 Å². The summed E-state index contributed by atoms with van der Waals surface area (Å²) in [6, 6.07) is 9.28. The summed E-state index contributed by atoms with van der Waals surface area (Å²) in [6.45, 7) is 12.2. The normalized spacial score (nSPS) is 18.6. The van der Waals surface area contributed by atoms with Gasteiger partial charge in [0.1, 0.15) is 6.54 Å². The van der Waals surface area contributed by atoms with Crippen molar-refractivity contribution in [1.82, 2.24) is 0 Å². The number of carboxylic acid groups (broad SMARTS) is 1. The third kappa shape index (κ3) is 12.5. The lowest BCUT2D eigenvalue weighted by molar-refractivity contribution is -0.433. The molecule has 2 aromatic rings. The van der Waals surface area contributed by atoms with Gasteiger partial charge in [0.2, 0.25) is 5.69 Å². The third-order valence-electron chi connectivity index (χ3n) is 10.6. The van der Waals surface area contributed by atoms with E-state index in [-0.39, 0.29) is 16.2 Å². The van der Waals surface area contributed by atoms with Crippen molar-refractivity contribution < 1.29 is 59.4 Å². The molecule has 0 saturated carbocycles. The van der Waals surface area contributed by atoms with E-state index in [1.54, 1.807) is 19.2 Å². The quantitative estimate of drug-likeness (QED) is 0.0418. The van der Waals surface area contributed by atoms with Gasteiger partial charge >= 0.3 is 5.97 Å². The number of hydrogen-bond acceptors (Lipinski definition) is 10. The number of allylic oxidation sites excluding steroid dienone is 8. The van der Waals surface area contributed by atoms with Crippen LogP contribution in [0.15, 0.2) is 94.4 Å². The van der Waals surface area contributed by atoms with Crippen molar-refractivity contribution in [3.8, 4) is 0 Å². The molecule has 0 aliphatic carbocycles. The van der Waals surface area contributed by atoms with E-state index in [0.717, 1.165) is 33.9 Å². The minimum absolute atomic E-state index is 0.0786. The number of ether oxygens (including phenoxy) is 4. The van der Waals surface area contributed by atoms with Crippen molar-refractivity contribution in [3.05, 3.63) is 95.8 Å². The SMILES string of the molecule is CC[N+]1=C(C=CC=CC=CC=C2N(CCCCCC(=O)O)c3ccc(S(=O)(=O)O)cc3C2(C)CCOCCOCCOCCOC)C(C)(C)c2cc(S(=O)(=O)O)ccc21. The van der Waals surface area contributed by atoms with Crippen LogP contribution in [-0.2, 0) is 54.8 Å². The number of anilines is 1. The summed E-state index contributed by atoms with van der Waals surface area (Å²) >= 11 is 0. The second-order valence-electron chi connectivity index (χ2n) is 15.0. The van der Waals surface area contributed by atoms with E-state index in [4.69, 9.17) is 24.1 Å². The summed E-state index contributed by atoms with van der Waals surface area (Å²) in [6.07, 6.45) is 15.9. The Morgan fingerprint density at radius 2 is 1.34 bits per heavy atom. The summed E-state index contributed by atoms with van der Waals surface area (Å²) in [4.78, 5) is 12.9. The average Bonchev–Trinajstić information content (AvgIpc) is 3.54. The van der Waals surface area contributed by atoms with Gasteiger partial charge in [-0.25, -0.2) is 0 Å². The second-order valence-corrected chi connectivity index (χ2v) is 17.9. The van der Waals surface area contributed by atoms with Gasteiger partial charge in [-0.3, -0.25) is 13.9 Å². The number of fused-ring (bicyclic) bond motifs is 2. The third-order valence-corrected chi connectivity index (χ3v) is 12.3. The molecule has 324 valence electrons. The number of benzene rings is 2. The number of carbonyl (C=O) groups is 1. The van der Waals surface area contributed by atoms with E-state index in [1.807, 2.05) is 70.2 Å². The monoisotopic (exact) mass is 859 g/mol. The highest BCUT2D eigenvalue weighted by Crippen LogP contribution is 2.51. The van der Waals surface area contributed by atoms with E-state index in [2.05, 4.69) is 9.48 Å². The van der Waals surface area contributed by atoms with Crippen LogP contribution in [0.25, 0.3) is 0 Å². The predicted octanol–water partition coefficient (Wildman–Crippen LogP) is 6.64. The molecule has 2 heterocycles. The van der Waals surface area contributed by atoms with Crippen molar-refractivity contribution in [2.24, 2.45) is 0 Å². The van der Waals surface area contributed by atoms with Crippen LogP contribution in [0.1, 0.15) is 70.9 Å². The summed E-state index contributed by atoms with van der Waals surface area (Å²) in [5.74, 6) is -0.844. The molecule has 0 amide bonds. The zero-order valence-electron chi connectivity index (χ0n) is 34.6. The molecule has 16 heteroatoms. The number of unbranched alkanes of at least 4 members (excludes halogenated alkanes) is 2. The first-order valence-corrected chi connectivity index (χ1v) is 22.7. The van der Waals surface area contributed by atoms with Crippen LogP contribution in [-0.4, -0.2) is 114 Å². The first-order valence-electron chi connectivity index (χ1n) is 19.8. The standard InChI is InChI=1S/C43H58N2O12S2/c1-6-44-37-20-18-33(58(48,49)50)31-35(37)42(2,3)39(44)15-11-8-7-9-12-16-40-43(4,22-24-55-27-28-57-30-29-56-26-25-54-5)36-32-34(59(51,52)53)19-21-38(36)45(40)23-14-10-13-17-41(46)47/h7-9,11-12,15-16,18-21,31-32H,6,10,13-14,17,22-30H2,1-5H3,(H2-,46,47,48,49,50,51,52,53)/p+1. The summed E-state index contributed by atoms with van der Waals surface area (Å²) in [5.41, 5.74) is 3.84. The minimum atomic E-state index is -4.49. The van der Waals surface area contributed by atoms with Gasteiger partial charge < -0.3 is 29.0 Å². The van der Waals surface area contributed by atoms with Crippen molar-refractivity contribution in [2.45, 2.75) is 80.4 Å². The number of carboxylic acids is 1. The van der Waals surface area contributed by atoms with Crippen LogP contribution < -0.4 is 4.90 Å². The van der Waals surface area contributed by atoms with Crippen LogP contribution in [0.5, 0.6) is 0 Å². The first-order chi connectivity index (χ1) is 28.0. The van der Waals surface area contributed by atoms with Gasteiger partial charge in [-0.1, -0.05) is 36.8 Å². The molecule has 1 atom stereocenters. The van der Waals surface area contributed by atoms with Crippen molar-refractivity contribution in [3.63, 3.8) is 0 Å². The molecule has 0 saturated heterocycles. The molecule has 2 aliphatic heterocycles. The van der Waals surface area contributed by atoms with Crippen LogP contribution in [0.3, 0.4) is 0 Å². The van der Waals surface area contributed by atoms with Gasteiger partial charge in [0.15, 0.2) is 5.71 Å². The fourth-order valence-electron chi connectivity index (χ4n) is 7.52. The van der Waals surface area contributed by atoms with Crippen LogP contribution in [0, 0.1) is 0 Å². The minimum Gasteiger partial charge on any atom is -0.481 e. The molecule has 0 radical (unpaired) electrons. The number of nitrogens with zero attached hydrogens (tertiary/aromatic N) is 2. The molecule has 4 rings (SSSR count). The fraction of sp³-hybridized carbons (Fsp3) is 0.488. The van der Waals surface area contributed by atoms with Crippen LogP contribution >= 0.6 is 0 Å². The van der Waals surface area contributed by atoms with Gasteiger partial charge in [0.05, 0.1) is 54.8 Å². The molecule has 0 bridgehead atoms. The maximum atomic E-state index is 12.3. The highest BCUT2D eigenvalue weighted by Gasteiger charge is 2.45. The zero-order chi connectivity index (χ0) is 43.3. The lowest BCUT2D eigenvalue weighted by Crippen LogP contribution is -2.30. The molecular formula is C43H59N2O12S2+. The van der Waals surface area contributed by atoms with Gasteiger partial charge in [-0.05, 0) is 88.9 Å². The maximum Gasteiger partial charge on any atom is 0.303 e. The molecule has 59 heavy (non-hydrogen) atoms. The van der Waals surface area contributed by atoms with Gasteiger partial charge in [-0.15, -0.1) is 0 Å². The molecule has 0 spiro atoms. The summed E-state index contributed by atoms with van der Waals surface area (Å²) in [7, 11) is -7.23. The van der Waals surface area contributed by atoms with E-state index in [0.29, 0.717) is 85.0 Å². The van der Waals surface area contributed by atoms with Crippen LogP contribution in [0.4, 0.5) is 11.4 Å². The van der Waals surface area contributed by atoms with E-state index in [9.17, 15) is 30.7 Å². The number of aliphatic carboxylic acids is 1. The molecule has 1 unspecified atom stereocenters. The Bertz CT molecular complexity index is 2160. The predicted molar refractivity (Wildman–Crippen MR) is 226 cm³/mol. The Morgan fingerprint density at radius 1 is 0.763 bits per heavy atom. The molecule has 0 aromatic heterocycles. The smallest absolute Gasteiger partial charge is 0.303 e. The number of rotatable bonds is 25. The van der Waals surface area contributed by atoms with E-state index in [1.165, 1.54) is 24.3 Å². The number of methoxy groups -OCH3 is 1. The lowest BCUT2D eigenvalue weighted by atomic mass is 9.78.